The summed E-state index contributed by atoms with van der Waals surface area (Å²) < 4.78 is 6.56. The van der Waals surface area contributed by atoms with E-state index in [1.807, 2.05) is 12.1 Å². The average molecular weight is 442 g/mol. The number of fused-ring (bicyclic) bond motifs is 1. The molecule has 166 valence electrons. The number of nitrogens with zero attached hydrogens (tertiary/aromatic N) is 3. The van der Waals surface area contributed by atoms with Gasteiger partial charge in [-0.3, -0.25) is 19.6 Å². The number of aryl methyl sites for hydroxylation is 1. The molecule has 0 saturated heterocycles. The minimum atomic E-state index is -0.466. The molecule has 8 nitrogen and oxygen atoms in total. The molecule has 0 bridgehead atoms. The van der Waals surface area contributed by atoms with Crippen molar-refractivity contribution in [1.82, 2.24) is 14.5 Å². The molecular weight excluding hydrogens is 420 g/mol. The molecule has 0 atom stereocenters. The molecule has 33 heavy (non-hydrogen) atoms. The van der Waals surface area contributed by atoms with Crippen molar-refractivity contribution in [2.45, 2.75) is 20.4 Å². The fourth-order valence-corrected chi connectivity index (χ4v) is 3.48. The molecule has 0 radical (unpaired) electrons. The first-order chi connectivity index (χ1) is 16.0. The quantitative estimate of drug-likeness (QED) is 0.458. The van der Waals surface area contributed by atoms with E-state index in [1.165, 1.54) is 0 Å². The second kappa shape index (κ2) is 9.44. The molecular formula is C25H22N4O4. The van der Waals surface area contributed by atoms with E-state index in [1.54, 1.807) is 73.4 Å². The molecule has 4 rings (SSSR count). The van der Waals surface area contributed by atoms with E-state index in [9.17, 15) is 14.4 Å². The van der Waals surface area contributed by atoms with Gasteiger partial charge in [0, 0.05) is 24.3 Å². The number of benzene rings is 1. The Bertz CT molecular complexity index is 1400. The monoisotopic (exact) mass is 442 g/mol. The fraction of sp³-hybridized carbons (Fsp3) is 0.160. The molecule has 1 aromatic carbocycles. The SMILES string of the molecule is CCOC(=O)c1cccc(NC(=O)c2cc3c(=O)n(Cc4cccnc4)ccc3nc2C)c1. The molecule has 0 unspecified atom stereocenters. The van der Waals surface area contributed by atoms with Gasteiger partial charge < -0.3 is 14.6 Å². The number of carbonyl (C=O) groups is 2. The van der Waals surface area contributed by atoms with Crippen LogP contribution < -0.4 is 10.9 Å². The molecule has 8 heteroatoms. The van der Waals surface area contributed by atoms with E-state index in [0.29, 0.717) is 34.4 Å². The first-order valence-corrected chi connectivity index (χ1v) is 10.4. The van der Waals surface area contributed by atoms with Crippen LogP contribution in [0.3, 0.4) is 0 Å². The maximum absolute atomic E-state index is 13.1. The Balaban J connectivity index is 1.65. The Morgan fingerprint density at radius 1 is 1.12 bits per heavy atom. The summed E-state index contributed by atoms with van der Waals surface area (Å²) in [5, 5.41) is 3.12. The summed E-state index contributed by atoms with van der Waals surface area (Å²) >= 11 is 0. The van der Waals surface area contributed by atoms with Crippen molar-refractivity contribution in [2.75, 3.05) is 11.9 Å². The summed E-state index contributed by atoms with van der Waals surface area (Å²) in [7, 11) is 0. The summed E-state index contributed by atoms with van der Waals surface area (Å²) in [4.78, 5) is 46.6. The summed E-state index contributed by atoms with van der Waals surface area (Å²) in [6, 6.07) is 13.5. The van der Waals surface area contributed by atoms with Crippen LogP contribution in [0.2, 0.25) is 0 Å². The van der Waals surface area contributed by atoms with E-state index in [2.05, 4.69) is 15.3 Å². The van der Waals surface area contributed by atoms with E-state index in [0.717, 1.165) is 5.56 Å². The number of ether oxygens (including phenoxy) is 1. The normalized spacial score (nSPS) is 10.7. The van der Waals surface area contributed by atoms with Gasteiger partial charge in [0.25, 0.3) is 11.5 Å². The Morgan fingerprint density at radius 3 is 2.73 bits per heavy atom. The largest absolute Gasteiger partial charge is 0.462 e. The van der Waals surface area contributed by atoms with Crippen molar-refractivity contribution in [3.8, 4) is 0 Å². The van der Waals surface area contributed by atoms with E-state index in [4.69, 9.17) is 4.74 Å². The molecule has 1 N–H and O–H groups in total. The number of hydrogen-bond donors (Lipinski definition) is 1. The number of carbonyl (C=O) groups excluding carboxylic acids is 2. The van der Waals surface area contributed by atoms with E-state index >= 15 is 0 Å². The lowest BCUT2D eigenvalue weighted by atomic mass is 10.1. The van der Waals surface area contributed by atoms with Gasteiger partial charge in [-0.05, 0) is 55.8 Å². The maximum atomic E-state index is 13.1. The van der Waals surface area contributed by atoms with Crippen LogP contribution in [-0.2, 0) is 11.3 Å². The van der Waals surface area contributed by atoms with Crippen molar-refractivity contribution >= 4 is 28.5 Å². The third kappa shape index (κ3) is 4.79. The van der Waals surface area contributed by atoms with Gasteiger partial charge in [-0.15, -0.1) is 0 Å². The smallest absolute Gasteiger partial charge is 0.338 e. The van der Waals surface area contributed by atoms with Gasteiger partial charge in [0.05, 0.1) is 40.9 Å². The molecule has 3 aromatic heterocycles. The predicted octanol–water partition coefficient (Wildman–Crippen LogP) is 3.58. The minimum absolute atomic E-state index is 0.248. The molecule has 4 aromatic rings. The van der Waals surface area contributed by atoms with Gasteiger partial charge in [0.15, 0.2) is 0 Å². The highest BCUT2D eigenvalue weighted by molar-refractivity contribution is 6.07. The lowest BCUT2D eigenvalue weighted by Crippen LogP contribution is -2.22. The highest BCUT2D eigenvalue weighted by Crippen LogP contribution is 2.17. The first kappa shape index (κ1) is 21.9. The summed E-state index contributed by atoms with van der Waals surface area (Å²) in [5.74, 6) is -0.892. The van der Waals surface area contributed by atoms with Gasteiger partial charge in [-0.25, -0.2) is 4.79 Å². The Hall–Kier alpha value is -4.33. The third-order valence-corrected chi connectivity index (χ3v) is 5.10. The van der Waals surface area contributed by atoms with E-state index in [-0.39, 0.29) is 17.7 Å². The number of esters is 1. The number of hydrogen-bond acceptors (Lipinski definition) is 6. The number of anilines is 1. The number of aromatic nitrogens is 3. The number of rotatable bonds is 6. The molecule has 1 amide bonds. The number of amides is 1. The maximum Gasteiger partial charge on any atom is 0.338 e. The summed E-state index contributed by atoms with van der Waals surface area (Å²) in [6.07, 6.45) is 5.06. The topological polar surface area (TPSA) is 103 Å². The zero-order valence-corrected chi connectivity index (χ0v) is 18.2. The molecule has 0 aliphatic carbocycles. The predicted molar refractivity (Wildman–Crippen MR) is 124 cm³/mol. The van der Waals surface area contributed by atoms with Crippen LogP contribution >= 0.6 is 0 Å². The standard InChI is InChI=1S/C25H22N4O4/c1-3-33-25(32)18-7-4-8-19(12-18)28-23(30)20-13-21-22(27-16(20)2)9-11-29(24(21)31)15-17-6-5-10-26-14-17/h4-14H,3,15H2,1-2H3,(H,28,30). The summed E-state index contributed by atoms with van der Waals surface area (Å²) in [5.41, 5.74) is 2.70. The molecule has 0 fully saturated rings. The van der Waals surface area contributed by atoms with Crippen molar-refractivity contribution in [1.29, 1.82) is 0 Å². The van der Waals surface area contributed by atoms with Crippen LogP contribution in [0.4, 0.5) is 5.69 Å². The van der Waals surface area contributed by atoms with Gasteiger partial charge in [0.2, 0.25) is 0 Å². The van der Waals surface area contributed by atoms with Crippen LogP contribution in [0.25, 0.3) is 10.9 Å². The first-order valence-electron chi connectivity index (χ1n) is 10.4. The second-order valence-corrected chi connectivity index (χ2v) is 7.42. The molecule has 3 heterocycles. The van der Waals surface area contributed by atoms with Crippen molar-refractivity contribution in [2.24, 2.45) is 0 Å². The average Bonchev–Trinajstić information content (AvgIpc) is 2.81. The van der Waals surface area contributed by atoms with Gasteiger partial charge in [0.1, 0.15) is 0 Å². The van der Waals surface area contributed by atoms with Crippen molar-refractivity contribution < 1.29 is 14.3 Å². The van der Waals surface area contributed by atoms with Crippen LogP contribution in [0.5, 0.6) is 0 Å². The lowest BCUT2D eigenvalue weighted by molar-refractivity contribution is 0.0526. The molecule has 0 aliphatic heterocycles. The Labute approximate surface area is 189 Å². The molecule has 0 spiro atoms. The van der Waals surface area contributed by atoms with Crippen LogP contribution in [0.15, 0.2) is 71.9 Å². The number of nitrogens with one attached hydrogen (secondary N) is 1. The van der Waals surface area contributed by atoms with Crippen molar-refractivity contribution in [3.63, 3.8) is 0 Å². The van der Waals surface area contributed by atoms with Crippen LogP contribution in [0, 0.1) is 6.92 Å². The zero-order valence-electron chi connectivity index (χ0n) is 18.2. The van der Waals surface area contributed by atoms with Crippen LogP contribution in [-0.4, -0.2) is 33.0 Å². The highest BCUT2D eigenvalue weighted by Gasteiger charge is 2.15. The lowest BCUT2D eigenvalue weighted by Gasteiger charge is -2.11. The van der Waals surface area contributed by atoms with Crippen molar-refractivity contribution in [3.05, 3.63) is 99.9 Å². The van der Waals surface area contributed by atoms with E-state index < -0.39 is 11.9 Å². The molecule has 0 aliphatic rings. The van der Waals surface area contributed by atoms with Gasteiger partial charge in [-0.1, -0.05) is 12.1 Å². The van der Waals surface area contributed by atoms with Crippen LogP contribution in [0.1, 0.15) is 38.9 Å². The van der Waals surface area contributed by atoms with Gasteiger partial charge in [-0.2, -0.15) is 0 Å². The highest BCUT2D eigenvalue weighted by atomic mass is 16.5. The number of pyridine rings is 3. The second-order valence-electron chi connectivity index (χ2n) is 7.42. The summed E-state index contributed by atoms with van der Waals surface area (Å²) in [6.45, 7) is 4.06. The Kier molecular flexibility index (Phi) is 6.26. The zero-order chi connectivity index (χ0) is 23.4. The molecule has 0 saturated carbocycles. The minimum Gasteiger partial charge on any atom is -0.462 e. The third-order valence-electron chi connectivity index (χ3n) is 5.10. The Morgan fingerprint density at radius 2 is 1.97 bits per heavy atom. The fourth-order valence-electron chi connectivity index (χ4n) is 3.48. The van der Waals surface area contributed by atoms with Gasteiger partial charge >= 0.3 is 5.97 Å².